The van der Waals surface area contributed by atoms with Gasteiger partial charge in [0.25, 0.3) is 10.1 Å². The predicted molar refractivity (Wildman–Crippen MR) is 120 cm³/mol. The van der Waals surface area contributed by atoms with Crippen LogP contribution in [0.4, 0.5) is 10.5 Å². The summed E-state index contributed by atoms with van der Waals surface area (Å²) in [5.74, 6) is 0. The molecule has 2 aromatic rings. The van der Waals surface area contributed by atoms with E-state index < -0.39 is 34.4 Å². The zero-order chi connectivity index (χ0) is 23.6. The first-order valence-electron chi connectivity index (χ1n) is 10.3. The van der Waals surface area contributed by atoms with E-state index in [2.05, 4.69) is 11.4 Å². The Bertz CT molecular complexity index is 1160. The molecular formula is C23H27N3O5S. The van der Waals surface area contributed by atoms with Crippen LogP contribution in [0.15, 0.2) is 41.3 Å². The molecule has 1 fully saturated rings. The molecule has 2 aromatic carbocycles. The van der Waals surface area contributed by atoms with Crippen molar-refractivity contribution in [2.24, 2.45) is 0 Å². The van der Waals surface area contributed by atoms with E-state index in [0.717, 1.165) is 16.7 Å². The lowest BCUT2D eigenvalue weighted by Gasteiger charge is -2.31. The molecule has 3 rings (SSSR count). The van der Waals surface area contributed by atoms with E-state index in [4.69, 9.17) is 9.44 Å². The van der Waals surface area contributed by atoms with Gasteiger partial charge in [-0.15, -0.1) is 0 Å². The fourth-order valence-corrected chi connectivity index (χ4v) is 4.98. The van der Waals surface area contributed by atoms with E-state index in [1.165, 1.54) is 24.0 Å². The van der Waals surface area contributed by atoms with Gasteiger partial charge in [0.05, 0.1) is 34.8 Å². The van der Waals surface area contributed by atoms with Crippen molar-refractivity contribution < 1.29 is 22.5 Å². The van der Waals surface area contributed by atoms with Crippen molar-refractivity contribution in [1.82, 2.24) is 4.90 Å². The summed E-state index contributed by atoms with van der Waals surface area (Å²) in [4.78, 5) is 14.4. The number of hydrogen-bond donors (Lipinski definition) is 2. The highest BCUT2D eigenvalue weighted by Gasteiger charge is 2.42. The van der Waals surface area contributed by atoms with E-state index in [1.54, 1.807) is 31.2 Å². The van der Waals surface area contributed by atoms with Crippen molar-refractivity contribution in [2.45, 2.75) is 57.3 Å². The SMILES string of the molecule is Cc1ccc(S(=O)(=O)O[C@@H](C)[C@@H]2[C@@H](O)CCN2C(=O)Nc2ccc(C#N)c(C)c2C)cc1. The fraction of sp³-hybridized carbons (Fsp3) is 0.391. The molecule has 1 aliphatic heterocycles. The monoisotopic (exact) mass is 457 g/mol. The average Bonchev–Trinajstić information content (AvgIpc) is 3.13. The summed E-state index contributed by atoms with van der Waals surface area (Å²) >= 11 is 0. The Hall–Kier alpha value is -2.93. The van der Waals surface area contributed by atoms with E-state index in [9.17, 15) is 18.3 Å². The van der Waals surface area contributed by atoms with Gasteiger partial charge in [-0.25, -0.2) is 4.79 Å². The highest BCUT2D eigenvalue weighted by Crippen LogP contribution is 2.28. The number of likely N-dealkylation sites (tertiary alicyclic amines) is 1. The number of aryl methyl sites for hydroxylation is 1. The number of nitrogens with one attached hydrogen (secondary N) is 1. The molecule has 0 bridgehead atoms. The molecule has 1 aliphatic rings. The van der Waals surface area contributed by atoms with Gasteiger partial charge in [0, 0.05) is 12.2 Å². The second kappa shape index (κ2) is 9.28. The number of nitriles is 1. The minimum atomic E-state index is -4.07. The second-order valence-electron chi connectivity index (χ2n) is 8.06. The summed E-state index contributed by atoms with van der Waals surface area (Å²) in [5, 5.41) is 22.5. The van der Waals surface area contributed by atoms with E-state index in [0.29, 0.717) is 17.7 Å². The quantitative estimate of drug-likeness (QED) is 0.665. The maximum Gasteiger partial charge on any atom is 0.322 e. The molecule has 32 heavy (non-hydrogen) atoms. The molecule has 170 valence electrons. The van der Waals surface area contributed by atoms with Gasteiger partial charge in [-0.05, 0) is 69.5 Å². The highest BCUT2D eigenvalue weighted by molar-refractivity contribution is 7.86. The van der Waals surface area contributed by atoms with E-state index >= 15 is 0 Å². The van der Waals surface area contributed by atoms with Crippen LogP contribution >= 0.6 is 0 Å². The topological polar surface area (TPSA) is 120 Å². The summed E-state index contributed by atoms with van der Waals surface area (Å²) in [5.41, 5.74) is 3.52. The third-order valence-corrected chi connectivity index (χ3v) is 7.31. The first-order chi connectivity index (χ1) is 15.0. The largest absolute Gasteiger partial charge is 0.391 e. The summed E-state index contributed by atoms with van der Waals surface area (Å²) in [6, 6.07) is 10.4. The van der Waals surface area contributed by atoms with Crippen LogP contribution in [0.5, 0.6) is 0 Å². The van der Waals surface area contributed by atoms with Crippen molar-refractivity contribution in [2.75, 3.05) is 11.9 Å². The molecule has 1 saturated heterocycles. The molecule has 0 aliphatic carbocycles. The summed E-state index contributed by atoms with van der Waals surface area (Å²) in [7, 11) is -4.07. The van der Waals surface area contributed by atoms with Crippen LogP contribution in [-0.4, -0.2) is 49.2 Å². The molecule has 3 atom stereocenters. The number of aliphatic hydroxyl groups is 1. The van der Waals surface area contributed by atoms with Crippen LogP contribution < -0.4 is 5.32 Å². The molecule has 2 amide bonds. The van der Waals surface area contributed by atoms with Crippen LogP contribution in [0.2, 0.25) is 0 Å². The summed E-state index contributed by atoms with van der Waals surface area (Å²) < 4.78 is 30.7. The second-order valence-corrected chi connectivity index (χ2v) is 9.63. The number of amides is 2. The summed E-state index contributed by atoms with van der Waals surface area (Å²) in [6.45, 7) is 7.24. The van der Waals surface area contributed by atoms with Gasteiger partial charge in [0.15, 0.2) is 0 Å². The first kappa shape index (κ1) is 23.7. The normalized spacial score (nSPS) is 19.4. The van der Waals surface area contributed by atoms with E-state index in [-0.39, 0.29) is 11.4 Å². The minimum Gasteiger partial charge on any atom is -0.391 e. The predicted octanol–water partition coefficient (Wildman–Crippen LogP) is 3.24. The zero-order valence-electron chi connectivity index (χ0n) is 18.5. The van der Waals surface area contributed by atoms with Gasteiger partial charge in [0.1, 0.15) is 0 Å². The maximum atomic E-state index is 13.0. The van der Waals surface area contributed by atoms with Crippen molar-refractivity contribution in [3.63, 3.8) is 0 Å². The number of urea groups is 1. The molecule has 1 heterocycles. The average molecular weight is 458 g/mol. The zero-order valence-corrected chi connectivity index (χ0v) is 19.3. The summed E-state index contributed by atoms with van der Waals surface area (Å²) in [6.07, 6.45) is -1.58. The lowest BCUT2D eigenvalue weighted by molar-refractivity contribution is 0.0544. The smallest absolute Gasteiger partial charge is 0.322 e. The fourth-order valence-electron chi connectivity index (χ4n) is 3.88. The number of anilines is 1. The van der Waals surface area contributed by atoms with E-state index in [1.807, 2.05) is 13.8 Å². The molecule has 0 unspecified atom stereocenters. The van der Waals surface area contributed by atoms with Gasteiger partial charge >= 0.3 is 6.03 Å². The number of carbonyl (C=O) groups excluding carboxylic acids is 1. The van der Waals surface area contributed by atoms with Gasteiger partial charge in [-0.3, -0.25) is 4.18 Å². The standard InChI is InChI=1S/C23H27N3O5S/c1-14-5-8-19(9-6-14)32(29,30)31-17(4)22-21(27)11-12-26(22)23(28)25-20-10-7-18(13-24)15(2)16(20)3/h5-10,17,21-22,27H,11-12H2,1-4H3,(H,25,28)/t17-,21-,22+/m0/s1. The maximum absolute atomic E-state index is 13.0. The Kier molecular flexibility index (Phi) is 6.88. The van der Waals surface area contributed by atoms with Gasteiger partial charge in [0.2, 0.25) is 0 Å². The number of rotatable bonds is 5. The highest BCUT2D eigenvalue weighted by atomic mass is 32.2. The third-order valence-electron chi connectivity index (χ3n) is 5.90. The molecule has 0 spiro atoms. The Labute approximate surface area is 188 Å². The molecule has 0 aromatic heterocycles. The number of nitrogens with zero attached hydrogens (tertiary/aromatic N) is 2. The van der Waals surface area contributed by atoms with Crippen LogP contribution in [0.1, 0.15) is 35.6 Å². The van der Waals surface area contributed by atoms with Gasteiger partial charge < -0.3 is 15.3 Å². The van der Waals surface area contributed by atoms with Crippen LogP contribution in [0.25, 0.3) is 0 Å². The molecule has 0 radical (unpaired) electrons. The first-order valence-corrected chi connectivity index (χ1v) is 11.7. The molecule has 9 heteroatoms. The third kappa shape index (κ3) is 4.78. The van der Waals surface area contributed by atoms with Gasteiger partial charge in [-0.1, -0.05) is 17.7 Å². The van der Waals surface area contributed by atoms with Crippen molar-refractivity contribution in [3.05, 3.63) is 58.7 Å². The number of hydrogen-bond acceptors (Lipinski definition) is 6. The van der Waals surface area contributed by atoms with Crippen LogP contribution in [-0.2, 0) is 14.3 Å². The van der Waals surface area contributed by atoms with Crippen LogP contribution in [0.3, 0.4) is 0 Å². The molecule has 8 nitrogen and oxygen atoms in total. The number of aliphatic hydroxyl groups excluding tert-OH is 1. The Morgan fingerprint density at radius 2 is 1.84 bits per heavy atom. The van der Waals surface area contributed by atoms with Crippen LogP contribution in [0, 0.1) is 32.1 Å². The van der Waals surface area contributed by atoms with Gasteiger partial charge in [-0.2, -0.15) is 13.7 Å². The Balaban J connectivity index is 1.78. The Morgan fingerprint density at radius 1 is 1.19 bits per heavy atom. The molecule has 0 saturated carbocycles. The van der Waals surface area contributed by atoms with Crippen molar-refractivity contribution >= 4 is 21.8 Å². The lowest BCUT2D eigenvalue weighted by atomic mass is 10.0. The number of carbonyl (C=O) groups is 1. The van der Waals surface area contributed by atoms with Crippen molar-refractivity contribution in [3.8, 4) is 6.07 Å². The Morgan fingerprint density at radius 3 is 2.47 bits per heavy atom. The molecular weight excluding hydrogens is 430 g/mol. The lowest BCUT2D eigenvalue weighted by Crippen LogP contribution is -2.49. The number of benzene rings is 2. The molecule has 2 N–H and O–H groups in total. The van der Waals surface area contributed by atoms with Crippen molar-refractivity contribution in [1.29, 1.82) is 5.26 Å². The minimum absolute atomic E-state index is 0.0159.